The van der Waals surface area contributed by atoms with Crippen LogP contribution in [0.5, 0.6) is 0 Å². The Labute approximate surface area is 325 Å². The number of methoxy groups -OCH3 is 3. The van der Waals surface area contributed by atoms with Crippen LogP contribution in [0.3, 0.4) is 0 Å². The second kappa shape index (κ2) is 16.1. The smallest absolute Gasteiger partial charge is 0.310 e. The minimum Gasteiger partial charge on any atom is -0.469 e. The number of aryl methyl sites for hydroxylation is 3. The number of allylic oxidation sites excluding steroid dienone is 4. The van der Waals surface area contributed by atoms with Gasteiger partial charge < -0.3 is 35.2 Å². The Morgan fingerprint density at radius 1 is 0.875 bits per heavy atom. The Kier molecular flexibility index (Phi) is 11.5. The lowest BCUT2D eigenvalue weighted by molar-refractivity contribution is -0.160. The van der Waals surface area contributed by atoms with Crippen molar-refractivity contribution in [2.75, 3.05) is 34.4 Å². The van der Waals surface area contributed by atoms with Gasteiger partial charge in [-0.05, 0) is 105 Å². The van der Waals surface area contributed by atoms with Crippen LogP contribution in [0, 0.1) is 25.7 Å². The monoisotopic (exact) mass is 762 g/mol. The number of carbonyl (C=O) groups is 4. The van der Waals surface area contributed by atoms with Crippen molar-refractivity contribution in [2.24, 2.45) is 17.6 Å². The summed E-state index contributed by atoms with van der Waals surface area (Å²) in [5.41, 5.74) is 16.4. The summed E-state index contributed by atoms with van der Waals surface area (Å²) in [6.45, 7) is 12.7. The molecule has 2 aliphatic heterocycles. The molecule has 3 unspecified atom stereocenters. The summed E-state index contributed by atoms with van der Waals surface area (Å²) < 4.78 is 15.6. The van der Waals surface area contributed by atoms with Crippen molar-refractivity contribution < 1.29 is 33.4 Å². The van der Waals surface area contributed by atoms with E-state index in [2.05, 4.69) is 21.9 Å². The number of amides is 1. The molecular weight excluding hydrogens is 713 g/mol. The molecule has 13 nitrogen and oxygen atoms in total. The number of nitrogens with one attached hydrogen (secondary N) is 3. The van der Waals surface area contributed by atoms with Gasteiger partial charge in [-0.25, -0.2) is 4.98 Å². The maximum Gasteiger partial charge on any atom is 0.310 e. The predicted octanol–water partition coefficient (Wildman–Crippen LogP) is 5.79. The van der Waals surface area contributed by atoms with E-state index in [-0.39, 0.29) is 31.1 Å². The van der Waals surface area contributed by atoms with Crippen LogP contribution in [0.1, 0.15) is 84.6 Å². The fraction of sp³-hybridized carbons (Fsp3) is 0.395. The van der Waals surface area contributed by atoms with E-state index >= 15 is 0 Å². The summed E-state index contributed by atoms with van der Waals surface area (Å²) in [4.78, 5) is 69.8. The summed E-state index contributed by atoms with van der Waals surface area (Å²) in [6, 6.07) is 7.83. The molecule has 3 atom stereocenters. The molecule has 0 aromatic carbocycles. The minimum absolute atomic E-state index is 0.107. The van der Waals surface area contributed by atoms with Crippen LogP contribution in [-0.4, -0.2) is 78.2 Å². The average Bonchev–Trinajstić information content (AvgIpc) is 3.85. The molecule has 3 aromatic heterocycles. The van der Waals surface area contributed by atoms with Crippen molar-refractivity contribution in [1.82, 2.24) is 25.3 Å². The highest BCUT2D eigenvalue weighted by Crippen LogP contribution is 2.54. The topological polar surface area (TPSA) is 191 Å². The molecule has 0 spiro atoms. The number of H-pyrrole nitrogens is 2. The van der Waals surface area contributed by atoms with Crippen LogP contribution in [0.25, 0.3) is 44.9 Å². The number of nitrogens with zero attached hydrogens (tertiary/aromatic N) is 2. The van der Waals surface area contributed by atoms with Gasteiger partial charge in [-0.1, -0.05) is 18.7 Å². The lowest BCUT2D eigenvalue weighted by atomic mass is 9.61. The largest absolute Gasteiger partial charge is 0.469 e. The molecule has 1 aliphatic carbocycles. The molecular formula is C43H50N6O7. The standard InChI is InChI=1S/C43H50N6O7/c1-9-25-22(2)31-19-36-29-13-10-28(41(52)55-7)40(42(53)56-8)43(29,5)37(49-36)21-32-24(4)27(12-15-39(51)54-6)35(48-32)20-34-26(11-14-38(50)45-17-16-44)23(3)30(47-34)18-33(25)46-31/h9,13,18-21,28,40,46,48H,1,10-12,14-17,44H2,2-8H3,(H,45,50). The first kappa shape index (κ1) is 39.9. The first-order valence-electron chi connectivity index (χ1n) is 18.8. The number of hydrogen-bond donors (Lipinski definition) is 4. The van der Waals surface area contributed by atoms with Crippen molar-refractivity contribution in [1.29, 1.82) is 0 Å². The van der Waals surface area contributed by atoms with Gasteiger partial charge in [0.25, 0.3) is 0 Å². The Bertz CT molecular complexity index is 2370. The van der Waals surface area contributed by atoms with Crippen LogP contribution in [-0.2, 0) is 45.2 Å². The van der Waals surface area contributed by atoms with Crippen LogP contribution in [0.4, 0.5) is 0 Å². The van der Waals surface area contributed by atoms with E-state index in [1.54, 1.807) is 6.08 Å². The quantitative estimate of drug-likeness (QED) is 0.137. The van der Waals surface area contributed by atoms with Gasteiger partial charge in [0.2, 0.25) is 5.91 Å². The van der Waals surface area contributed by atoms with Crippen molar-refractivity contribution in [2.45, 2.75) is 65.2 Å². The highest BCUT2D eigenvalue weighted by Gasteiger charge is 2.56. The highest BCUT2D eigenvalue weighted by atomic mass is 16.5. The lowest BCUT2D eigenvalue weighted by Gasteiger charge is -2.40. The summed E-state index contributed by atoms with van der Waals surface area (Å²) in [6.07, 6.45) is 5.21. The molecule has 8 bridgehead atoms. The van der Waals surface area contributed by atoms with Gasteiger partial charge >= 0.3 is 17.9 Å². The van der Waals surface area contributed by atoms with Crippen molar-refractivity contribution >= 4 is 68.7 Å². The van der Waals surface area contributed by atoms with Gasteiger partial charge in [-0.3, -0.25) is 24.2 Å². The molecule has 6 rings (SSSR count). The van der Waals surface area contributed by atoms with Gasteiger partial charge in [-0.2, -0.15) is 0 Å². The first-order chi connectivity index (χ1) is 26.8. The van der Waals surface area contributed by atoms with Crippen LogP contribution in [0.2, 0.25) is 0 Å². The van der Waals surface area contributed by atoms with Gasteiger partial charge in [0, 0.05) is 53.6 Å². The summed E-state index contributed by atoms with van der Waals surface area (Å²) in [5, 5.41) is 2.86. The fourth-order valence-electron chi connectivity index (χ4n) is 8.40. The number of nitrogens with two attached hydrogens (primary N) is 1. The molecule has 5 heterocycles. The molecule has 13 heteroatoms. The molecule has 0 saturated heterocycles. The number of esters is 3. The molecule has 3 aliphatic rings. The number of hydrogen-bond acceptors (Lipinski definition) is 10. The molecule has 3 aromatic rings. The molecule has 294 valence electrons. The van der Waals surface area contributed by atoms with Crippen LogP contribution in [0.15, 0.2) is 36.9 Å². The average molecular weight is 763 g/mol. The molecule has 0 fully saturated rings. The SMILES string of the molecule is C=Cc1c(C)c2cc3nc(cc4[nH]c(cc5nc(cc1[nH]2)C(C)=C5CCC(=O)NCCN)c(CCC(=O)OC)c4C)C1(C)C3=CCC(C(=O)OC)C1C(=O)OC. The number of fused-ring (bicyclic) bond motifs is 11. The Balaban J connectivity index is 1.72. The minimum atomic E-state index is -1.09. The van der Waals surface area contributed by atoms with Crippen molar-refractivity contribution in [3.63, 3.8) is 0 Å². The lowest BCUT2D eigenvalue weighted by Crippen LogP contribution is -2.47. The fourth-order valence-corrected chi connectivity index (χ4v) is 8.40. The zero-order valence-corrected chi connectivity index (χ0v) is 33.1. The van der Waals surface area contributed by atoms with Crippen LogP contribution >= 0.6 is 0 Å². The number of ether oxygens (including phenoxy) is 3. The number of carbonyl (C=O) groups excluding carboxylic acids is 4. The van der Waals surface area contributed by atoms with E-state index in [0.717, 1.165) is 61.2 Å². The second-order valence-electron chi connectivity index (χ2n) is 14.6. The number of rotatable bonds is 11. The second-order valence-corrected chi connectivity index (χ2v) is 14.6. The Morgan fingerprint density at radius 3 is 2.23 bits per heavy atom. The summed E-state index contributed by atoms with van der Waals surface area (Å²) >= 11 is 0. The third kappa shape index (κ3) is 7.07. The van der Waals surface area contributed by atoms with E-state index in [4.69, 9.17) is 29.9 Å². The third-order valence-electron chi connectivity index (χ3n) is 11.6. The van der Waals surface area contributed by atoms with Crippen LogP contribution < -0.4 is 11.1 Å². The van der Waals surface area contributed by atoms with Gasteiger partial charge in [0.15, 0.2) is 0 Å². The predicted molar refractivity (Wildman–Crippen MR) is 216 cm³/mol. The van der Waals surface area contributed by atoms with E-state index in [0.29, 0.717) is 48.5 Å². The normalized spacial score (nSPS) is 18.8. The van der Waals surface area contributed by atoms with E-state index < -0.39 is 29.2 Å². The molecule has 1 amide bonds. The van der Waals surface area contributed by atoms with E-state index in [9.17, 15) is 19.2 Å². The van der Waals surface area contributed by atoms with Gasteiger partial charge in [-0.15, -0.1) is 0 Å². The molecule has 0 radical (unpaired) electrons. The van der Waals surface area contributed by atoms with Gasteiger partial charge in [0.1, 0.15) is 0 Å². The van der Waals surface area contributed by atoms with E-state index in [1.807, 2.05) is 58.0 Å². The van der Waals surface area contributed by atoms with E-state index in [1.165, 1.54) is 21.3 Å². The molecule has 56 heavy (non-hydrogen) atoms. The maximum absolute atomic E-state index is 13.8. The zero-order valence-electron chi connectivity index (χ0n) is 33.1. The summed E-state index contributed by atoms with van der Waals surface area (Å²) in [5.74, 6) is -3.27. The van der Waals surface area contributed by atoms with Crippen molar-refractivity contribution in [3.05, 3.63) is 81.9 Å². The number of aromatic nitrogens is 4. The molecule has 5 N–H and O–H groups in total. The Morgan fingerprint density at radius 2 is 1.55 bits per heavy atom. The number of aromatic amines is 2. The van der Waals surface area contributed by atoms with Gasteiger partial charge in [0.05, 0.1) is 61.4 Å². The Hall–Kier alpha value is -5.82. The maximum atomic E-state index is 13.8. The zero-order chi connectivity index (χ0) is 40.5. The molecule has 0 saturated carbocycles. The van der Waals surface area contributed by atoms with Crippen molar-refractivity contribution in [3.8, 4) is 0 Å². The summed E-state index contributed by atoms with van der Waals surface area (Å²) in [7, 11) is 4.00. The highest BCUT2D eigenvalue weighted by molar-refractivity contribution is 5.96. The first-order valence-corrected chi connectivity index (χ1v) is 18.8. The third-order valence-corrected chi connectivity index (χ3v) is 11.6.